The number of aromatic nitrogens is 2. The molecule has 0 aliphatic rings. The molecule has 0 spiro atoms. The molecule has 3 N–H and O–H groups in total. The van der Waals surface area contributed by atoms with E-state index in [1.54, 1.807) is 0 Å². The Balaban J connectivity index is 2.08. The number of nitrogens with one attached hydrogen (secondary N) is 1. The van der Waals surface area contributed by atoms with Crippen LogP contribution in [0.2, 0.25) is 0 Å². The first-order valence-corrected chi connectivity index (χ1v) is 10.5. The lowest BCUT2D eigenvalue weighted by Gasteiger charge is -2.29. The lowest BCUT2D eigenvalue weighted by molar-refractivity contribution is -0.119. The molecule has 1 atom stereocenters. The maximum Gasteiger partial charge on any atom is 0.224 e. The molecule has 0 aliphatic heterocycles. The number of imidazole rings is 1. The number of carbonyl (C=O) groups is 1. The summed E-state index contributed by atoms with van der Waals surface area (Å²) in [4.78, 5) is 15.8. The van der Waals surface area contributed by atoms with Crippen LogP contribution in [0.25, 0.3) is 0 Å². The third kappa shape index (κ3) is 6.20. The lowest BCUT2D eigenvalue weighted by Crippen LogP contribution is -2.37. The molecule has 2 rings (SSSR count). The Morgan fingerprint density at radius 3 is 2.71 bits per heavy atom. The average molecular weight is 385 g/mol. The minimum atomic E-state index is -0.263. The molecule has 1 aromatic carbocycles. The summed E-state index contributed by atoms with van der Waals surface area (Å²) in [5.74, 6) is -0.515. The van der Waals surface area contributed by atoms with Crippen LogP contribution in [0.3, 0.4) is 0 Å². The monoisotopic (exact) mass is 384 g/mol. The molecule has 154 valence electrons. The lowest BCUT2D eigenvalue weighted by atomic mass is 9.86. The summed E-state index contributed by atoms with van der Waals surface area (Å²) in [7, 11) is 0. The highest BCUT2D eigenvalue weighted by atomic mass is 16.1. The predicted octanol–water partition coefficient (Wildman–Crippen LogP) is 4.12. The molecule has 1 amide bonds. The predicted molar refractivity (Wildman–Crippen MR) is 115 cm³/mol. The molecule has 28 heavy (non-hydrogen) atoms. The van der Waals surface area contributed by atoms with Gasteiger partial charge in [-0.2, -0.15) is 0 Å². The van der Waals surface area contributed by atoms with Crippen LogP contribution in [-0.2, 0) is 23.3 Å². The molecule has 0 aliphatic carbocycles. The van der Waals surface area contributed by atoms with Gasteiger partial charge in [0, 0.05) is 24.5 Å². The van der Waals surface area contributed by atoms with Gasteiger partial charge in [-0.05, 0) is 63.3 Å². The van der Waals surface area contributed by atoms with Gasteiger partial charge < -0.3 is 15.6 Å². The minimum Gasteiger partial charge on any atom is -0.369 e. The topological polar surface area (TPSA) is 72.9 Å². The molecule has 5 heteroatoms. The molecule has 0 saturated carbocycles. The van der Waals surface area contributed by atoms with E-state index in [1.807, 2.05) is 25.6 Å². The highest BCUT2D eigenvalue weighted by Gasteiger charge is 2.22. The summed E-state index contributed by atoms with van der Waals surface area (Å²) in [6.45, 7) is 10.4. The molecule has 0 radical (unpaired) electrons. The summed E-state index contributed by atoms with van der Waals surface area (Å²) >= 11 is 0. The standard InChI is InChI=1S/C23H36N4O/c1-5-6-7-9-19-16-20(10-11-21(19)18(2)22(24)28)23(3,4)26-12-8-14-27-15-13-25-17-27/h10-11,13,15-18,26H,5-9,12,14H2,1-4H3,(H2,24,28). The summed E-state index contributed by atoms with van der Waals surface area (Å²) in [5, 5.41) is 3.68. The van der Waals surface area contributed by atoms with Gasteiger partial charge in [0.25, 0.3) is 0 Å². The normalized spacial score (nSPS) is 12.9. The van der Waals surface area contributed by atoms with Crippen LogP contribution in [0.5, 0.6) is 0 Å². The fraction of sp³-hybridized carbons (Fsp3) is 0.565. The van der Waals surface area contributed by atoms with E-state index in [2.05, 4.69) is 53.8 Å². The van der Waals surface area contributed by atoms with E-state index in [0.717, 1.165) is 37.9 Å². The molecule has 1 unspecified atom stereocenters. The SMILES string of the molecule is CCCCCc1cc(C(C)(C)NCCCn2ccnc2)ccc1C(C)C(N)=O. The van der Waals surface area contributed by atoms with E-state index in [-0.39, 0.29) is 17.4 Å². The Labute approximate surface area is 169 Å². The smallest absolute Gasteiger partial charge is 0.224 e. The maximum absolute atomic E-state index is 11.7. The number of aryl methyl sites for hydroxylation is 2. The third-order valence-corrected chi connectivity index (χ3v) is 5.53. The molecule has 0 fully saturated rings. The van der Waals surface area contributed by atoms with E-state index in [1.165, 1.54) is 24.0 Å². The second kappa shape index (κ2) is 10.4. The molecular weight excluding hydrogens is 348 g/mol. The summed E-state index contributed by atoms with van der Waals surface area (Å²) in [6, 6.07) is 6.51. The summed E-state index contributed by atoms with van der Waals surface area (Å²) < 4.78 is 2.10. The Hall–Kier alpha value is -2.14. The Bertz CT molecular complexity index is 737. The Morgan fingerprint density at radius 1 is 1.29 bits per heavy atom. The van der Waals surface area contributed by atoms with Crippen molar-refractivity contribution in [2.24, 2.45) is 5.73 Å². The second-order valence-electron chi connectivity index (χ2n) is 8.20. The number of benzene rings is 1. The van der Waals surface area contributed by atoms with Crippen molar-refractivity contribution in [1.82, 2.24) is 14.9 Å². The molecular formula is C23H36N4O. The number of hydrogen-bond donors (Lipinski definition) is 2. The second-order valence-corrected chi connectivity index (χ2v) is 8.20. The van der Waals surface area contributed by atoms with Crippen molar-refractivity contribution in [1.29, 1.82) is 0 Å². The average Bonchev–Trinajstić information content (AvgIpc) is 3.18. The van der Waals surface area contributed by atoms with E-state index in [9.17, 15) is 4.79 Å². The van der Waals surface area contributed by atoms with Crippen molar-refractivity contribution in [3.8, 4) is 0 Å². The first-order chi connectivity index (χ1) is 13.3. The number of hydrogen-bond acceptors (Lipinski definition) is 3. The molecule has 1 heterocycles. The van der Waals surface area contributed by atoms with Crippen LogP contribution in [0.15, 0.2) is 36.9 Å². The van der Waals surface area contributed by atoms with Crippen molar-refractivity contribution < 1.29 is 4.79 Å². The fourth-order valence-electron chi connectivity index (χ4n) is 3.54. The Morgan fingerprint density at radius 2 is 2.07 bits per heavy atom. The quantitative estimate of drug-likeness (QED) is 0.541. The molecule has 0 bridgehead atoms. The van der Waals surface area contributed by atoms with Gasteiger partial charge in [0.2, 0.25) is 5.91 Å². The highest BCUT2D eigenvalue weighted by Crippen LogP contribution is 2.28. The zero-order valence-electron chi connectivity index (χ0n) is 17.9. The van der Waals surface area contributed by atoms with Crippen molar-refractivity contribution in [2.45, 2.75) is 77.8 Å². The Kier molecular flexibility index (Phi) is 8.24. The van der Waals surface area contributed by atoms with Crippen LogP contribution in [0.4, 0.5) is 0 Å². The minimum absolute atomic E-state index is 0.136. The van der Waals surface area contributed by atoms with Gasteiger partial charge in [-0.1, -0.05) is 38.0 Å². The number of primary amides is 1. The summed E-state index contributed by atoms with van der Waals surface area (Å²) in [5.41, 5.74) is 9.02. The van der Waals surface area contributed by atoms with Gasteiger partial charge >= 0.3 is 0 Å². The number of nitrogens with two attached hydrogens (primary N) is 1. The van der Waals surface area contributed by atoms with Crippen molar-refractivity contribution >= 4 is 5.91 Å². The van der Waals surface area contributed by atoms with E-state index >= 15 is 0 Å². The van der Waals surface area contributed by atoms with Gasteiger partial charge in [-0.3, -0.25) is 4.79 Å². The number of unbranched alkanes of at least 4 members (excludes halogenated alkanes) is 2. The van der Waals surface area contributed by atoms with Crippen LogP contribution in [0.1, 0.15) is 76.0 Å². The molecule has 2 aromatic rings. The van der Waals surface area contributed by atoms with E-state index in [4.69, 9.17) is 5.73 Å². The van der Waals surface area contributed by atoms with Crippen LogP contribution < -0.4 is 11.1 Å². The van der Waals surface area contributed by atoms with Crippen molar-refractivity contribution in [2.75, 3.05) is 6.54 Å². The van der Waals surface area contributed by atoms with Crippen LogP contribution in [-0.4, -0.2) is 22.0 Å². The van der Waals surface area contributed by atoms with E-state index < -0.39 is 0 Å². The molecule has 0 saturated heterocycles. The third-order valence-electron chi connectivity index (χ3n) is 5.53. The zero-order valence-corrected chi connectivity index (χ0v) is 17.9. The van der Waals surface area contributed by atoms with Crippen LogP contribution >= 0.6 is 0 Å². The highest BCUT2D eigenvalue weighted by molar-refractivity contribution is 5.81. The van der Waals surface area contributed by atoms with Gasteiger partial charge in [0.15, 0.2) is 0 Å². The summed E-state index contributed by atoms with van der Waals surface area (Å²) in [6.07, 6.45) is 11.2. The van der Waals surface area contributed by atoms with E-state index in [0.29, 0.717) is 0 Å². The van der Waals surface area contributed by atoms with Gasteiger partial charge in [0.05, 0.1) is 12.2 Å². The van der Waals surface area contributed by atoms with Crippen LogP contribution in [0, 0.1) is 0 Å². The van der Waals surface area contributed by atoms with Crippen molar-refractivity contribution in [3.05, 3.63) is 53.6 Å². The van der Waals surface area contributed by atoms with Gasteiger partial charge in [-0.15, -0.1) is 0 Å². The zero-order chi connectivity index (χ0) is 20.6. The first kappa shape index (κ1) is 22.2. The fourth-order valence-corrected chi connectivity index (χ4v) is 3.54. The maximum atomic E-state index is 11.7. The largest absolute Gasteiger partial charge is 0.369 e. The molecule has 1 aromatic heterocycles. The number of amides is 1. The number of nitrogens with zero attached hydrogens (tertiary/aromatic N) is 2. The first-order valence-electron chi connectivity index (χ1n) is 10.5. The molecule has 5 nitrogen and oxygen atoms in total. The van der Waals surface area contributed by atoms with Crippen molar-refractivity contribution in [3.63, 3.8) is 0 Å². The van der Waals surface area contributed by atoms with Gasteiger partial charge in [-0.25, -0.2) is 4.98 Å². The number of carbonyl (C=O) groups excluding carboxylic acids is 1. The van der Waals surface area contributed by atoms with Gasteiger partial charge in [0.1, 0.15) is 0 Å². The number of rotatable bonds is 12.